The monoisotopic (exact) mass is 459 g/mol. The van der Waals surface area contributed by atoms with Crippen LogP contribution in [0, 0.1) is 0 Å². The van der Waals surface area contributed by atoms with Gasteiger partial charge in [0, 0.05) is 10.7 Å². The number of benzene rings is 3. The molecule has 0 unspecified atom stereocenters. The highest BCUT2D eigenvalue weighted by atomic mass is 35.5. The third-order valence-electron chi connectivity index (χ3n) is 5.85. The smallest absolute Gasteiger partial charge is 0.417 e. The summed E-state index contributed by atoms with van der Waals surface area (Å²) in [4.78, 5) is 13.1. The van der Waals surface area contributed by atoms with E-state index in [1.165, 1.54) is 36.4 Å². The molecule has 0 aromatic heterocycles. The zero-order valence-electron chi connectivity index (χ0n) is 16.6. The largest absolute Gasteiger partial charge is 0.454 e. The maximum absolute atomic E-state index is 13.8. The molecule has 1 heterocycles. The second-order valence-electron chi connectivity index (χ2n) is 7.87. The Bertz CT molecular complexity index is 1200. The van der Waals surface area contributed by atoms with Crippen LogP contribution in [0.3, 0.4) is 0 Å². The lowest BCUT2D eigenvalue weighted by atomic mass is 9.94. The van der Waals surface area contributed by atoms with Gasteiger partial charge >= 0.3 is 6.18 Å². The number of amides is 1. The minimum absolute atomic E-state index is 0.0177. The first-order chi connectivity index (χ1) is 15.3. The number of anilines is 1. The van der Waals surface area contributed by atoms with Gasteiger partial charge in [-0.2, -0.15) is 13.2 Å². The van der Waals surface area contributed by atoms with Crippen LogP contribution in [0.5, 0.6) is 11.5 Å². The molecular weight excluding hydrogens is 443 g/mol. The van der Waals surface area contributed by atoms with Crippen LogP contribution >= 0.6 is 11.6 Å². The molecule has 2 aliphatic rings. The SMILES string of the molecule is O=C(Nc1ccc(-c2ccc(Cl)cc2)c(C(F)(F)F)c1)C1(c2ccc3c(c2)OCO3)CC1. The predicted molar refractivity (Wildman–Crippen MR) is 114 cm³/mol. The van der Waals surface area contributed by atoms with E-state index in [-0.39, 0.29) is 24.0 Å². The van der Waals surface area contributed by atoms with E-state index in [4.69, 9.17) is 21.1 Å². The number of carbonyl (C=O) groups excluding carboxylic acids is 1. The van der Waals surface area contributed by atoms with Gasteiger partial charge in [0.25, 0.3) is 0 Å². The van der Waals surface area contributed by atoms with Gasteiger partial charge in [0.2, 0.25) is 12.7 Å². The topological polar surface area (TPSA) is 47.6 Å². The molecule has 1 aliphatic heterocycles. The minimum Gasteiger partial charge on any atom is -0.454 e. The van der Waals surface area contributed by atoms with Crippen LogP contribution in [0.15, 0.2) is 60.7 Å². The molecule has 1 aliphatic carbocycles. The number of rotatable bonds is 4. The molecule has 0 saturated heterocycles. The van der Waals surface area contributed by atoms with Crippen LogP contribution < -0.4 is 14.8 Å². The Hall–Kier alpha value is -3.19. The summed E-state index contributed by atoms with van der Waals surface area (Å²) in [5, 5.41) is 3.11. The molecule has 32 heavy (non-hydrogen) atoms. The highest BCUT2D eigenvalue weighted by Crippen LogP contribution is 2.51. The minimum atomic E-state index is -4.59. The number of ether oxygens (including phenoxy) is 2. The second-order valence-corrected chi connectivity index (χ2v) is 8.31. The van der Waals surface area contributed by atoms with Crippen LogP contribution in [0.4, 0.5) is 18.9 Å². The molecule has 3 aromatic carbocycles. The molecular formula is C24H17ClF3NO3. The lowest BCUT2D eigenvalue weighted by Crippen LogP contribution is -2.28. The van der Waals surface area contributed by atoms with Crippen molar-refractivity contribution in [3.8, 4) is 22.6 Å². The molecule has 0 spiro atoms. The first kappa shape index (κ1) is 20.7. The number of hydrogen-bond acceptors (Lipinski definition) is 3. The van der Waals surface area contributed by atoms with E-state index < -0.39 is 17.2 Å². The molecule has 164 valence electrons. The normalized spacial score (nSPS) is 16.0. The lowest BCUT2D eigenvalue weighted by molar-refractivity contribution is -0.137. The molecule has 5 rings (SSSR count). The summed E-state index contributed by atoms with van der Waals surface area (Å²) in [6.07, 6.45) is -3.38. The molecule has 1 N–H and O–H groups in total. The van der Waals surface area contributed by atoms with Crippen molar-refractivity contribution in [2.24, 2.45) is 0 Å². The van der Waals surface area contributed by atoms with Crippen LogP contribution in [-0.2, 0) is 16.4 Å². The van der Waals surface area contributed by atoms with Crippen LogP contribution in [0.25, 0.3) is 11.1 Å². The van der Waals surface area contributed by atoms with Crippen LogP contribution in [0.2, 0.25) is 5.02 Å². The van der Waals surface area contributed by atoms with Gasteiger partial charge < -0.3 is 14.8 Å². The van der Waals surface area contributed by atoms with E-state index in [1.807, 2.05) is 0 Å². The van der Waals surface area contributed by atoms with Gasteiger partial charge in [-0.05, 0) is 65.9 Å². The van der Waals surface area contributed by atoms with Gasteiger partial charge in [0.05, 0.1) is 11.0 Å². The predicted octanol–water partition coefficient (Wildman–Crippen LogP) is 6.42. The van der Waals surface area contributed by atoms with E-state index >= 15 is 0 Å². The summed E-state index contributed by atoms with van der Waals surface area (Å²) >= 11 is 5.86. The number of nitrogens with one attached hydrogen (secondary N) is 1. The Morgan fingerprint density at radius 3 is 2.34 bits per heavy atom. The molecule has 8 heteroatoms. The highest BCUT2D eigenvalue weighted by molar-refractivity contribution is 6.30. The van der Waals surface area contributed by atoms with Gasteiger partial charge in [0.15, 0.2) is 11.5 Å². The zero-order chi connectivity index (χ0) is 22.5. The molecule has 3 aromatic rings. The van der Waals surface area contributed by atoms with Crippen molar-refractivity contribution < 1.29 is 27.4 Å². The highest BCUT2D eigenvalue weighted by Gasteiger charge is 2.51. The molecule has 4 nitrogen and oxygen atoms in total. The molecule has 0 bridgehead atoms. The fourth-order valence-electron chi connectivity index (χ4n) is 3.95. The summed E-state index contributed by atoms with van der Waals surface area (Å²) in [6, 6.07) is 15.3. The zero-order valence-corrected chi connectivity index (χ0v) is 17.4. The Morgan fingerprint density at radius 1 is 0.938 bits per heavy atom. The Balaban J connectivity index is 1.44. The third-order valence-corrected chi connectivity index (χ3v) is 6.10. The van der Waals surface area contributed by atoms with E-state index in [1.54, 1.807) is 18.2 Å². The molecule has 1 saturated carbocycles. The fraction of sp³-hybridized carbons (Fsp3) is 0.208. The number of fused-ring (bicyclic) bond motifs is 1. The molecule has 0 atom stereocenters. The van der Waals surface area contributed by atoms with Gasteiger partial charge in [0.1, 0.15) is 0 Å². The average Bonchev–Trinajstić information content (AvgIpc) is 3.45. The van der Waals surface area contributed by atoms with E-state index in [2.05, 4.69) is 5.32 Å². The van der Waals surface area contributed by atoms with Crippen molar-refractivity contribution in [3.63, 3.8) is 0 Å². The summed E-state index contributed by atoms with van der Waals surface area (Å²) < 4.78 is 52.1. The van der Waals surface area contributed by atoms with Gasteiger partial charge in [-0.3, -0.25) is 4.79 Å². The first-order valence-electron chi connectivity index (χ1n) is 9.95. The van der Waals surface area contributed by atoms with E-state index in [0.717, 1.165) is 11.6 Å². The summed E-state index contributed by atoms with van der Waals surface area (Å²) in [7, 11) is 0. The summed E-state index contributed by atoms with van der Waals surface area (Å²) in [6.45, 7) is 0.123. The number of halogens is 4. The van der Waals surface area contributed by atoms with Crippen LogP contribution in [-0.4, -0.2) is 12.7 Å². The number of carbonyl (C=O) groups is 1. The first-order valence-corrected chi connectivity index (χ1v) is 10.3. The van der Waals surface area contributed by atoms with Crippen molar-refractivity contribution in [2.75, 3.05) is 12.1 Å². The average molecular weight is 460 g/mol. The van der Waals surface area contributed by atoms with Gasteiger partial charge in [-0.15, -0.1) is 0 Å². The Morgan fingerprint density at radius 2 is 1.66 bits per heavy atom. The Labute approximate surface area is 186 Å². The van der Waals surface area contributed by atoms with Crippen molar-refractivity contribution in [3.05, 3.63) is 76.8 Å². The molecule has 1 amide bonds. The van der Waals surface area contributed by atoms with Crippen molar-refractivity contribution in [2.45, 2.75) is 24.4 Å². The maximum atomic E-state index is 13.8. The number of hydrogen-bond donors (Lipinski definition) is 1. The maximum Gasteiger partial charge on any atom is 0.417 e. The quantitative estimate of drug-likeness (QED) is 0.489. The standard InChI is InChI=1S/C24H17ClF3NO3/c25-16-4-1-14(2-5-16)18-7-6-17(12-19(18)24(26,27)28)29-22(30)23(9-10-23)15-3-8-20-21(11-15)32-13-31-20/h1-8,11-12H,9-10,13H2,(H,29,30). The summed E-state index contributed by atoms with van der Waals surface area (Å²) in [5.74, 6) is 0.828. The van der Waals surface area contributed by atoms with E-state index in [9.17, 15) is 18.0 Å². The van der Waals surface area contributed by atoms with Crippen LogP contribution in [0.1, 0.15) is 24.0 Å². The fourth-order valence-corrected chi connectivity index (χ4v) is 4.08. The van der Waals surface area contributed by atoms with E-state index in [0.29, 0.717) is 34.9 Å². The van der Waals surface area contributed by atoms with Gasteiger partial charge in [-0.25, -0.2) is 0 Å². The van der Waals surface area contributed by atoms with Crippen molar-refractivity contribution >= 4 is 23.2 Å². The lowest BCUT2D eigenvalue weighted by Gasteiger charge is -2.19. The van der Waals surface area contributed by atoms with Crippen molar-refractivity contribution in [1.29, 1.82) is 0 Å². The molecule has 1 fully saturated rings. The third kappa shape index (κ3) is 3.66. The second kappa shape index (κ2) is 7.45. The summed E-state index contributed by atoms with van der Waals surface area (Å²) in [5.41, 5.74) is -0.359. The van der Waals surface area contributed by atoms with Crippen molar-refractivity contribution in [1.82, 2.24) is 0 Å². The Kier molecular flexibility index (Phi) is 4.82. The van der Waals surface area contributed by atoms with Gasteiger partial charge in [-0.1, -0.05) is 35.9 Å². The molecule has 0 radical (unpaired) electrons. The number of alkyl halides is 3.